The zero-order valence-electron chi connectivity index (χ0n) is 11.5. The predicted octanol–water partition coefficient (Wildman–Crippen LogP) is 1.47. The second-order valence-electron chi connectivity index (χ2n) is 4.40. The number of nitro groups is 1. The van der Waals surface area contributed by atoms with Crippen molar-refractivity contribution in [1.29, 1.82) is 0 Å². The molecule has 2 atom stereocenters. The fraction of sp³-hybridized carbons (Fsp3) is 0.385. The number of aliphatic hydroxyl groups is 2. The van der Waals surface area contributed by atoms with E-state index in [4.69, 9.17) is 0 Å². The number of Topliss-reactive ketones (excluding diaryl/α,β-unsaturated/α-hetero) is 1. The molecule has 0 fully saturated rings. The van der Waals surface area contributed by atoms with E-state index in [9.17, 15) is 29.9 Å². The Kier molecular flexibility index (Phi) is 6.01. The van der Waals surface area contributed by atoms with Gasteiger partial charge >= 0.3 is 0 Å². The van der Waals surface area contributed by atoms with Crippen molar-refractivity contribution in [3.05, 3.63) is 39.4 Å². The third-order valence-corrected chi connectivity index (χ3v) is 3.69. The molecule has 0 aromatic heterocycles. The summed E-state index contributed by atoms with van der Waals surface area (Å²) in [7, 11) is 0. The van der Waals surface area contributed by atoms with Crippen molar-refractivity contribution in [3.8, 4) is 0 Å². The number of nitrogens with zero attached hydrogens (tertiary/aromatic N) is 1. The number of hydrogen-bond donors (Lipinski definition) is 2. The molecular formula is C13H15NO6S. The van der Waals surface area contributed by atoms with Crippen LogP contribution in [0.2, 0.25) is 0 Å². The molecule has 1 rings (SSSR count). The van der Waals surface area contributed by atoms with E-state index in [1.807, 2.05) is 0 Å². The number of ketones is 1. The molecule has 1 aromatic rings. The first kappa shape index (κ1) is 17.3. The van der Waals surface area contributed by atoms with Crippen molar-refractivity contribution in [2.45, 2.75) is 26.1 Å². The largest absolute Gasteiger partial charge is 0.389 e. The van der Waals surface area contributed by atoms with Crippen molar-refractivity contribution in [2.75, 3.05) is 5.75 Å². The first-order valence-corrected chi connectivity index (χ1v) is 7.01. The molecule has 0 bridgehead atoms. The molecule has 0 spiro atoms. The average molecular weight is 313 g/mol. The van der Waals surface area contributed by atoms with Crippen LogP contribution in [0.4, 0.5) is 5.69 Å². The minimum atomic E-state index is -1.52. The van der Waals surface area contributed by atoms with Gasteiger partial charge in [0.1, 0.15) is 6.10 Å². The van der Waals surface area contributed by atoms with Crippen LogP contribution < -0.4 is 0 Å². The number of hydrogen-bond acceptors (Lipinski definition) is 7. The Morgan fingerprint density at radius 2 is 1.95 bits per heavy atom. The standard InChI is InChI=1S/C13H15NO6S/c1-7(15)9-3-4-10(11(5-9)14(19)20)13(18)12(17)6-21-8(2)16/h3-5,12-13,17-18H,6H2,1-2H3. The Labute approximate surface area is 125 Å². The molecule has 8 heteroatoms. The average Bonchev–Trinajstić information content (AvgIpc) is 2.42. The minimum absolute atomic E-state index is 0.0812. The van der Waals surface area contributed by atoms with E-state index < -0.39 is 22.8 Å². The van der Waals surface area contributed by atoms with E-state index in [0.29, 0.717) is 0 Å². The van der Waals surface area contributed by atoms with E-state index in [2.05, 4.69) is 0 Å². The molecule has 114 valence electrons. The highest BCUT2D eigenvalue weighted by atomic mass is 32.2. The lowest BCUT2D eigenvalue weighted by atomic mass is 10.00. The van der Waals surface area contributed by atoms with Crippen LogP contribution in [-0.4, -0.2) is 37.9 Å². The number of carbonyl (C=O) groups excluding carboxylic acids is 2. The van der Waals surface area contributed by atoms with Crippen LogP contribution in [0.15, 0.2) is 18.2 Å². The molecule has 0 aliphatic carbocycles. The molecule has 0 amide bonds. The lowest BCUT2D eigenvalue weighted by molar-refractivity contribution is -0.386. The third-order valence-electron chi connectivity index (χ3n) is 2.77. The highest BCUT2D eigenvalue weighted by Crippen LogP contribution is 2.29. The number of benzene rings is 1. The van der Waals surface area contributed by atoms with E-state index in [-0.39, 0.29) is 27.8 Å². The first-order chi connectivity index (χ1) is 9.73. The molecule has 0 saturated heterocycles. The van der Waals surface area contributed by atoms with Gasteiger partial charge in [-0.1, -0.05) is 17.8 Å². The molecule has 0 aliphatic heterocycles. The van der Waals surface area contributed by atoms with Gasteiger partial charge < -0.3 is 10.2 Å². The minimum Gasteiger partial charge on any atom is -0.389 e. The Bertz CT molecular complexity index is 574. The van der Waals surface area contributed by atoms with Crippen LogP contribution in [0, 0.1) is 10.1 Å². The molecule has 0 aliphatic rings. The van der Waals surface area contributed by atoms with Crippen LogP contribution in [0.3, 0.4) is 0 Å². The maximum absolute atomic E-state index is 11.2. The van der Waals surface area contributed by atoms with E-state index in [1.54, 1.807) is 0 Å². The Morgan fingerprint density at radius 1 is 1.33 bits per heavy atom. The summed E-state index contributed by atoms with van der Waals surface area (Å²) in [5.41, 5.74) is -0.394. The predicted molar refractivity (Wildman–Crippen MR) is 77.2 cm³/mol. The van der Waals surface area contributed by atoms with Crippen LogP contribution in [-0.2, 0) is 4.79 Å². The highest BCUT2D eigenvalue weighted by Gasteiger charge is 2.27. The van der Waals surface area contributed by atoms with Crippen LogP contribution in [0.1, 0.15) is 35.9 Å². The fourth-order valence-electron chi connectivity index (χ4n) is 1.67. The second-order valence-corrected chi connectivity index (χ2v) is 5.60. The molecule has 7 nitrogen and oxygen atoms in total. The SMILES string of the molecule is CC(=O)SCC(O)C(O)c1ccc(C(C)=O)cc1[N+](=O)[O-]. The quantitative estimate of drug-likeness (QED) is 0.464. The molecule has 2 N–H and O–H groups in total. The van der Waals surface area contributed by atoms with Gasteiger partial charge in [-0.05, 0) is 13.0 Å². The van der Waals surface area contributed by atoms with Crippen LogP contribution >= 0.6 is 11.8 Å². The van der Waals surface area contributed by atoms with Crippen molar-refractivity contribution < 1.29 is 24.7 Å². The number of nitro benzene ring substituents is 1. The Balaban J connectivity index is 3.08. The molecule has 2 unspecified atom stereocenters. The third kappa shape index (κ3) is 4.62. The zero-order chi connectivity index (χ0) is 16.2. The first-order valence-electron chi connectivity index (χ1n) is 6.02. The molecule has 0 heterocycles. The van der Waals surface area contributed by atoms with Crippen molar-refractivity contribution >= 4 is 28.3 Å². The summed E-state index contributed by atoms with van der Waals surface area (Å²) in [5, 5.41) is 30.6. The molecule has 1 aromatic carbocycles. The van der Waals surface area contributed by atoms with Gasteiger partial charge in [0.25, 0.3) is 5.69 Å². The summed E-state index contributed by atoms with van der Waals surface area (Å²) < 4.78 is 0. The van der Waals surface area contributed by atoms with Gasteiger partial charge in [0.2, 0.25) is 0 Å². The van der Waals surface area contributed by atoms with E-state index >= 15 is 0 Å². The lowest BCUT2D eigenvalue weighted by Crippen LogP contribution is -2.22. The zero-order valence-corrected chi connectivity index (χ0v) is 12.3. The second kappa shape index (κ2) is 7.30. The summed E-state index contributed by atoms with van der Waals surface area (Å²) in [5.74, 6) is -0.422. The molecule has 21 heavy (non-hydrogen) atoms. The van der Waals surface area contributed by atoms with Crippen molar-refractivity contribution in [1.82, 2.24) is 0 Å². The number of carbonyl (C=O) groups is 2. The van der Waals surface area contributed by atoms with E-state index in [1.165, 1.54) is 26.0 Å². The molecular weight excluding hydrogens is 298 g/mol. The van der Waals surface area contributed by atoms with E-state index in [0.717, 1.165) is 17.8 Å². The smallest absolute Gasteiger partial charge is 0.276 e. The van der Waals surface area contributed by atoms with Gasteiger partial charge in [-0.25, -0.2) is 0 Å². The van der Waals surface area contributed by atoms with Crippen molar-refractivity contribution in [3.63, 3.8) is 0 Å². The lowest BCUT2D eigenvalue weighted by Gasteiger charge is -2.17. The van der Waals surface area contributed by atoms with Crippen molar-refractivity contribution in [2.24, 2.45) is 0 Å². The maximum Gasteiger partial charge on any atom is 0.276 e. The number of thioether (sulfide) groups is 1. The van der Waals surface area contributed by atoms with Gasteiger partial charge in [-0.2, -0.15) is 0 Å². The Hall–Kier alpha value is -1.77. The Morgan fingerprint density at radius 3 is 2.43 bits per heavy atom. The van der Waals surface area contributed by atoms with Gasteiger partial charge in [0.05, 0.1) is 16.6 Å². The molecule has 0 saturated carbocycles. The van der Waals surface area contributed by atoms with Gasteiger partial charge in [-0.15, -0.1) is 0 Å². The summed E-state index contributed by atoms with van der Waals surface area (Å²) in [6, 6.07) is 3.64. The fourth-order valence-corrected chi connectivity index (χ4v) is 2.26. The van der Waals surface area contributed by atoms with Gasteiger partial charge in [0, 0.05) is 24.3 Å². The monoisotopic (exact) mass is 313 g/mol. The number of aliphatic hydroxyl groups excluding tert-OH is 2. The summed E-state index contributed by atoms with van der Waals surface area (Å²) in [4.78, 5) is 32.4. The van der Waals surface area contributed by atoms with Crippen LogP contribution in [0.25, 0.3) is 0 Å². The molecule has 0 radical (unpaired) electrons. The van der Waals surface area contributed by atoms with Crippen LogP contribution in [0.5, 0.6) is 0 Å². The van der Waals surface area contributed by atoms with Gasteiger partial charge in [-0.3, -0.25) is 19.7 Å². The summed E-state index contributed by atoms with van der Waals surface area (Å²) >= 11 is 0.812. The topological polar surface area (TPSA) is 118 Å². The number of rotatable bonds is 6. The highest BCUT2D eigenvalue weighted by molar-refractivity contribution is 8.13. The van der Waals surface area contributed by atoms with Gasteiger partial charge in [0.15, 0.2) is 10.9 Å². The summed E-state index contributed by atoms with van der Waals surface area (Å²) in [6.07, 6.45) is -2.85. The maximum atomic E-state index is 11.2. The normalized spacial score (nSPS) is 13.5. The summed E-state index contributed by atoms with van der Waals surface area (Å²) in [6.45, 7) is 2.58.